The first-order valence-electron chi connectivity index (χ1n) is 7.16. The summed E-state index contributed by atoms with van der Waals surface area (Å²) in [7, 11) is 0. The summed E-state index contributed by atoms with van der Waals surface area (Å²) in [5, 5.41) is 0. The molecule has 0 radical (unpaired) electrons. The van der Waals surface area contributed by atoms with Gasteiger partial charge in [-0.3, -0.25) is 0 Å². The van der Waals surface area contributed by atoms with Crippen molar-refractivity contribution in [3.8, 4) is 0 Å². The number of nitrogens with zero attached hydrogens (tertiary/aromatic N) is 1. The standard InChI is InChI=1S/C16H25BrN2O/c1-15(2)10-19(11-16(3,4)20-15)14-6-5-13(17)9-12(14)7-8-18/h5-6,9H,7-8,10-11,18H2,1-4H3. The molecule has 0 aromatic heterocycles. The fraction of sp³-hybridized carbons (Fsp3) is 0.625. The zero-order valence-electron chi connectivity index (χ0n) is 12.9. The van der Waals surface area contributed by atoms with E-state index in [4.69, 9.17) is 10.5 Å². The van der Waals surface area contributed by atoms with Crippen molar-refractivity contribution in [1.82, 2.24) is 0 Å². The minimum Gasteiger partial charge on any atom is -0.366 e. The molecule has 1 aromatic carbocycles. The second-order valence-corrected chi connectivity index (χ2v) is 7.70. The summed E-state index contributed by atoms with van der Waals surface area (Å²) in [6.07, 6.45) is 0.896. The maximum Gasteiger partial charge on any atom is 0.0808 e. The molecule has 1 aliphatic heterocycles. The molecule has 1 heterocycles. The Bertz CT molecular complexity index is 469. The first-order chi connectivity index (χ1) is 9.22. The van der Waals surface area contributed by atoms with E-state index in [1.165, 1.54) is 11.3 Å². The largest absolute Gasteiger partial charge is 0.366 e. The highest BCUT2D eigenvalue weighted by Gasteiger charge is 2.38. The van der Waals surface area contributed by atoms with E-state index in [9.17, 15) is 0 Å². The van der Waals surface area contributed by atoms with Gasteiger partial charge in [0.15, 0.2) is 0 Å². The van der Waals surface area contributed by atoms with Crippen LogP contribution in [0.2, 0.25) is 0 Å². The highest BCUT2D eigenvalue weighted by Crippen LogP contribution is 2.34. The maximum absolute atomic E-state index is 6.16. The van der Waals surface area contributed by atoms with Gasteiger partial charge in [-0.15, -0.1) is 0 Å². The Balaban J connectivity index is 2.35. The first-order valence-corrected chi connectivity index (χ1v) is 7.95. The van der Waals surface area contributed by atoms with Crippen molar-refractivity contribution in [2.45, 2.75) is 45.3 Å². The van der Waals surface area contributed by atoms with Crippen LogP contribution in [0.3, 0.4) is 0 Å². The molecule has 0 aliphatic carbocycles. The Morgan fingerprint density at radius 1 is 1.20 bits per heavy atom. The fourth-order valence-electron chi connectivity index (χ4n) is 3.18. The van der Waals surface area contributed by atoms with Gasteiger partial charge in [0.05, 0.1) is 11.2 Å². The fourth-order valence-corrected chi connectivity index (χ4v) is 3.58. The molecule has 3 nitrogen and oxygen atoms in total. The Hall–Kier alpha value is -0.580. The van der Waals surface area contributed by atoms with E-state index in [-0.39, 0.29) is 11.2 Å². The topological polar surface area (TPSA) is 38.5 Å². The lowest BCUT2D eigenvalue weighted by atomic mass is 9.97. The van der Waals surface area contributed by atoms with Gasteiger partial charge in [-0.2, -0.15) is 0 Å². The van der Waals surface area contributed by atoms with Crippen LogP contribution in [0, 0.1) is 0 Å². The molecule has 1 aliphatic rings. The summed E-state index contributed by atoms with van der Waals surface area (Å²) < 4.78 is 7.27. The van der Waals surface area contributed by atoms with Crippen LogP contribution in [0.15, 0.2) is 22.7 Å². The van der Waals surface area contributed by atoms with E-state index in [0.29, 0.717) is 6.54 Å². The van der Waals surface area contributed by atoms with Crippen molar-refractivity contribution in [2.75, 3.05) is 24.5 Å². The van der Waals surface area contributed by atoms with Crippen LogP contribution in [-0.2, 0) is 11.2 Å². The number of benzene rings is 1. The number of anilines is 1. The first kappa shape index (κ1) is 15.8. The smallest absolute Gasteiger partial charge is 0.0808 e. The number of morpholine rings is 1. The Morgan fingerprint density at radius 3 is 2.35 bits per heavy atom. The molecule has 0 amide bonds. The monoisotopic (exact) mass is 340 g/mol. The Labute approximate surface area is 130 Å². The predicted octanol–water partition coefficient (Wildman–Crippen LogP) is 3.34. The molecule has 2 rings (SSSR count). The predicted molar refractivity (Wildman–Crippen MR) is 88.4 cm³/mol. The number of nitrogens with two attached hydrogens (primary N) is 1. The van der Waals surface area contributed by atoms with Crippen molar-refractivity contribution < 1.29 is 4.74 Å². The quantitative estimate of drug-likeness (QED) is 0.916. The molecule has 0 bridgehead atoms. The summed E-state index contributed by atoms with van der Waals surface area (Å²) in [6, 6.07) is 6.47. The van der Waals surface area contributed by atoms with E-state index < -0.39 is 0 Å². The van der Waals surface area contributed by atoms with Crippen molar-refractivity contribution in [3.63, 3.8) is 0 Å². The van der Waals surface area contributed by atoms with Gasteiger partial charge in [-0.05, 0) is 64.4 Å². The number of hydrogen-bond donors (Lipinski definition) is 1. The molecule has 112 valence electrons. The third kappa shape index (κ3) is 3.74. The average Bonchev–Trinajstić information content (AvgIpc) is 2.25. The molecule has 0 saturated carbocycles. The normalized spacial score (nSPS) is 21.0. The molecule has 0 spiro atoms. The molecule has 20 heavy (non-hydrogen) atoms. The lowest BCUT2D eigenvalue weighted by molar-refractivity contribution is -0.133. The summed E-state index contributed by atoms with van der Waals surface area (Å²) >= 11 is 3.55. The number of hydrogen-bond acceptors (Lipinski definition) is 3. The van der Waals surface area contributed by atoms with Crippen LogP contribution in [0.25, 0.3) is 0 Å². The van der Waals surface area contributed by atoms with Crippen LogP contribution in [0.4, 0.5) is 5.69 Å². The van der Waals surface area contributed by atoms with Gasteiger partial charge in [-0.25, -0.2) is 0 Å². The zero-order valence-corrected chi connectivity index (χ0v) is 14.5. The molecule has 0 unspecified atom stereocenters. The van der Waals surface area contributed by atoms with Gasteiger partial charge in [0, 0.05) is 23.2 Å². The van der Waals surface area contributed by atoms with E-state index in [0.717, 1.165) is 24.0 Å². The van der Waals surface area contributed by atoms with Gasteiger partial charge in [0.1, 0.15) is 0 Å². The summed E-state index contributed by atoms with van der Waals surface area (Å²) in [4.78, 5) is 2.43. The SMILES string of the molecule is CC1(C)CN(c2ccc(Br)cc2CCN)CC(C)(C)O1. The van der Waals surface area contributed by atoms with Gasteiger partial charge >= 0.3 is 0 Å². The third-order valence-electron chi connectivity index (χ3n) is 3.49. The lowest BCUT2D eigenvalue weighted by Gasteiger charge is -2.48. The summed E-state index contributed by atoms with van der Waals surface area (Å²) in [5.74, 6) is 0. The van der Waals surface area contributed by atoms with E-state index in [2.05, 4.69) is 66.7 Å². The van der Waals surface area contributed by atoms with Crippen LogP contribution < -0.4 is 10.6 Å². The van der Waals surface area contributed by atoms with Crippen molar-refractivity contribution >= 4 is 21.6 Å². The second kappa shape index (κ2) is 5.66. The molecule has 1 fully saturated rings. The van der Waals surface area contributed by atoms with Crippen molar-refractivity contribution in [1.29, 1.82) is 0 Å². The summed E-state index contributed by atoms with van der Waals surface area (Å²) in [5.41, 5.74) is 8.05. The Morgan fingerprint density at radius 2 is 1.80 bits per heavy atom. The van der Waals surface area contributed by atoms with Gasteiger partial charge in [-0.1, -0.05) is 15.9 Å². The Kier molecular flexibility index (Phi) is 4.47. The molecule has 1 aromatic rings. The van der Waals surface area contributed by atoms with Crippen LogP contribution in [0.1, 0.15) is 33.3 Å². The number of rotatable bonds is 3. The zero-order chi connectivity index (χ0) is 15.0. The third-order valence-corrected chi connectivity index (χ3v) is 3.99. The molecular weight excluding hydrogens is 316 g/mol. The van der Waals surface area contributed by atoms with Gasteiger partial charge in [0.2, 0.25) is 0 Å². The second-order valence-electron chi connectivity index (χ2n) is 6.79. The van der Waals surface area contributed by atoms with Crippen molar-refractivity contribution in [2.24, 2.45) is 5.73 Å². The van der Waals surface area contributed by atoms with Gasteiger partial charge in [0.25, 0.3) is 0 Å². The van der Waals surface area contributed by atoms with E-state index in [1.54, 1.807) is 0 Å². The van der Waals surface area contributed by atoms with Crippen LogP contribution >= 0.6 is 15.9 Å². The summed E-state index contributed by atoms with van der Waals surface area (Å²) in [6.45, 7) is 11.1. The maximum atomic E-state index is 6.16. The van der Waals surface area contributed by atoms with Crippen LogP contribution in [0.5, 0.6) is 0 Å². The molecule has 4 heteroatoms. The minimum absolute atomic E-state index is 0.144. The minimum atomic E-state index is -0.144. The lowest BCUT2D eigenvalue weighted by Crippen LogP contribution is -2.57. The molecule has 2 N–H and O–H groups in total. The number of ether oxygens (including phenoxy) is 1. The molecular formula is C16H25BrN2O. The molecule has 1 saturated heterocycles. The van der Waals surface area contributed by atoms with Gasteiger partial charge < -0.3 is 15.4 Å². The van der Waals surface area contributed by atoms with E-state index >= 15 is 0 Å². The average molecular weight is 341 g/mol. The highest BCUT2D eigenvalue weighted by molar-refractivity contribution is 9.10. The number of halogens is 1. The van der Waals surface area contributed by atoms with Crippen LogP contribution in [-0.4, -0.2) is 30.8 Å². The van der Waals surface area contributed by atoms with E-state index in [1.807, 2.05) is 0 Å². The highest BCUT2D eigenvalue weighted by atomic mass is 79.9. The van der Waals surface area contributed by atoms with Crippen molar-refractivity contribution in [3.05, 3.63) is 28.2 Å². The molecule has 0 atom stereocenters.